The van der Waals surface area contributed by atoms with Gasteiger partial charge in [-0.15, -0.1) is 0 Å². The van der Waals surface area contributed by atoms with Gasteiger partial charge in [-0.2, -0.15) is 5.10 Å². The van der Waals surface area contributed by atoms with Gasteiger partial charge >= 0.3 is 0 Å². The number of aromatic nitrogens is 2. The Balaban J connectivity index is 2.34. The van der Waals surface area contributed by atoms with Gasteiger partial charge in [0, 0.05) is 25.4 Å². The molecule has 0 saturated carbocycles. The van der Waals surface area contributed by atoms with Crippen LogP contribution >= 0.6 is 0 Å². The number of rotatable bonds is 5. The van der Waals surface area contributed by atoms with Crippen LogP contribution in [0.5, 0.6) is 5.75 Å². The Morgan fingerprint density at radius 3 is 2.75 bits per heavy atom. The molecule has 1 aromatic heterocycles. The molecule has 0 aliphatic rings. The fourth-order valence-electron chi connectivity index (χ4n) is 1.99. The highest BCUT2D eigenvalue weighted by Gasteiger charge is 2.12. The average molecular weight is 278 g/mol. The van der Waals surface area contributed by atoms with Crippen LogP contribution in [0.2, 0.25) is 0 Å². The molecule has 2 aromatic rings. The minimum atomic E-state index is -0.461. The van der Waals surface area contributed by atoms with Gasteiger partial charge in [0.25, 0.3) is 0 Å². The zero-order chi connectivity index (χ0) is 14.7. The summed E-state index contributed by atoms with van der Waals surface area (Å²) in [6, 6.07) is 2.83. The van der Waals surface area contributed by atoms with Crippen LogP contribution in [0.1, 0.15) is 19.5 Å². The normalized spacial score (nSPS) is 10.6. The highest BCUT2D eigenvalue weighted by Crippen LogP contribution is 2.31. The Bertz CT molecular complexity index is 609. The molecule has 20 heavy (non-hydrogen) atoms. The first-order valence-corrected chi connectivity index (χ1v) is 6.56. The van der Waals surface area contributed by atoms with Crippen molar-refractivity contribution < 1.29 is 9.13 Å². The van der Waals surface area contributed by atoms with E-state index in [2.05, 4.69) is 10.4 Å². The number of hydrogen-bond donors (Lipinski definition) is 2. The zero-order valence-electron chi connectivity index (χ0n) is 11.9. The molecular weight excluding hydrogens is 259 g/mol. The third-order valence-electron chi connectivity index (χ3n) is 2.91. The molecule has 0 atom stereocenters. The lowest BCUT2D eigenvalue weighted by Gasteiger charge is -2.12. The lowest BCUT2D eigenvalue weighted by Crippen LogP contribution is -2.01. The van der Waals surface area contributed by atoms with E-state index < -0.39 is 5.82 Å². The molecule has 6 heteroatoms. The maximum Gasteiger partial charge on any atom is 0.167 e. The molecule has 0 aliphatic heterocycles. The summed E-state index contributed by atoms with van der Waals surface area (Å²) in [6.07, 6.45) is 2.66. The summed E-state index contributed by atoms with van der Waals surface area (Å²) in [5, 5.41) is 7.52. The lowest BCUT2D eigenvalue weighted by atomic mass is 10.2. The van der Waals surface area contributed by atoms with E-state index >= 15 is 0 Å². The molecule has 0 saturated heterocycles. The first-order chi connectivity index (χ1) is 9.55. The predicted octanol–water partition coefficient (Wildman–Crippen LogP) is 2.85. The molecule has 0 unspecified atom stereocenters. The Labute approximate surface area is 117 Å². The topological polar surface area (TPSA) is 65.1 Å². The summed E-state index contributed by atoms with van der Waals surface area (Å²) in [5.74, 6) is -0.275. The lowest BCUT2D eigenvalue weighted by molar-refractivity contribution is 0.322. The van der Waals surface area contributed by atoms with Gasteiger partial charge in [-0.05, 0) is 13.3 Å². The van der Waals surface area contributed by atoms with Crippen LogP contribution in [0.4, 0.5) is 21.5 Å². The van der Waals surface area contributed by atoms with Gasteiger partial charge in [-0.1, -0.05) is 6.92 Å². The van der Waals surface area contributed by atoms with E-state index in [1.165, 1.54) is 6.07 Å². The van der Waals surface area contributed by atoms with Gasteiger partial charge in [0.2, 0.25) is 0 Å². The van der Waals surface area contributed by atoms with E-state index in [4.69, 9.17) is 10.5 Å². The first kappa shape index (κ1) is 14.2. The number of benzene rings is 1. The largest absolute Gasteiger partial charge is 0.491 e. The molecule has 2 rings (SSSR count). The van der Waals surface area contributed by atoms with E-state index in [0.29, 0.717) is 18.0 Å². The third-order valence-corrected chi connectivity index (χ3v) is 2.91. The maximum atomic E-state index is 13.7. The van der Waals surface area contributed by atoms with Crippen LogP contribution in [-0.4, -0.2) is 16.4 Å². The molecule has 0 amide bonds. The van der Waals surface area contributed by atoms with Crippen LogP contribution in [0.25, 0.3) is 0 Å². The van der Waals surface area contributed by atoms with E-state index in [1.54, 1.807) is 17.7 Å². The Kier molecular flexibility index (Phi) is 4.12. The number of nitrogen functional groups attached to an aromatic ring is 1. The monoisotopic (exact) mass is 278 g/mol. The van der Waals surface area contributed by atoms with Gasteiger partial charge in [0.05, 0.1) is 29.4 Å². The van der Waals surface area contributed by atoms with Crippen molar-refractivity contribution in [1.29, 1.82) is 0 Å². The third kappa shape index (κ3) is 2.84. The van der Waals surface area contributed by atoms with Gasteiger partial charge in [-0.25, -0.2) is 4.39 Å². The van der Waals surface area contributed by atoms with Crippen LogP contribution < -0.4 is 15.8 Å². The van der Waals surface area contributed by atoms with Crippen molar-refractivity contribution in [1.82, 2.24) is 9.78 Å². The van der Waals surface area contributed by atoms with Gasteiger partial charge in [0.1, 0.15) is 0 Å². The molecule has 0 radical (unpaired) electrons. The van der Waals surface area contributed by atoms with Crippen molar-refractivity contribution in [3.05, 3.63) is 29.8 Å². The molecule has 0 fully saturated rings. The zero-order valence-corrected chi connectivity index (χ0v) is 11.9. The van der Waals surface area contributed by atoms with Crippen LogP contribution in [0.3, 0.4) is 0 Å². The molecule has 108 valence electrons. The highest BCUT2D eigenvalue weighted by atomic mass is 19.1. The first-order valence-electron chi connectivity index (χ1n) is 6.56. The minimum absolute atomic E-state index is 0.186. The number of nitrogens with one attached hydrogen (secondary N) is 1. The molecule has 5 nitrogen and oxygen atoms in total. The molecule has 0 aliphatic carbocycles. The number of ether oxygens (including phenoxy) is 1. The summed E-state index contributed by atoms with van der Waals surface area (Å²) >= 11 is 0. The molecule has 3 N–H and O–H groups in total. The second kappa shape index (κ2) is 5.81. The van der Waals surface area contributed by atoms with Gasteiger partial charge in [0.15, 0.2) is 11.6 Å². The second-order valence-electron chi connectivity index (χ2n) is 4.44. The number of nitrogens with zero attached hydrogens (tertiary/aromatic N) is 2. The Morgan fingerprint density at radius 2 is 2.10 bits per heavy atom. The highest BCUT2D eigenvalue weighted by molar-refractivity contribution is 5.74. The van der Waals surface area contributed by atoms with Gasteiger partial charge in [-0.3, -0.25) is 4.68 Å². The number of anilines is 3. The van der Waals surface area contributed by atoms with Crippen LogP contribution in [0, 0.1) is 5.82 Å². The standard InChI is InChI=1S/C14H19FN4O/c1-4-11-13(8-19(3)18-11)17-12-7-14(20-5-2)9(15)6-10(12)16/h6-8,17H,4-5,16H2,1-3H3. The smallest absolute Gasteiger partial charge is 0.167 e. The minimum Gasteiger partial charge on any atom is -0.491 e. The van der Waals surface area contributed by atoms with Gasteiger partial charge < -0.3 is 15.8 Å². The van der Waals surface area contributed by atoms with Crippen molar-refractivity contribution in [2.45, 2.75) is 20.3 Å². The van der Waals surface area contributed by atoms with Crippen molar-refractivity contribution in [3.8, 4) is 5.75 Å². The summed E-state index contributed by atoms with van der Waals surface area (Å²) in [7, 11) is 1.85. The average Bonchev–Trinajstić information content (AvgIpc) is 2.75. The summed E-state index contributed by atoms with van der Waals surface area (Å²) in [4.78, 5) is 0. The fraction of sp³-hybridized carbons (Fsp3) is 0.357. The number of nitrogens with two attached hydrogens (primary N) is 1. The quantitative estimate of drug-likeness (QED) is 0.825. The maximum absolute atomic E-state index is 13.7. The van der Waals surface area contributed by atoms with Crippen molar-refractivity contribution >= 4 is 17.1 Å². The molecule has 1 aromatic carbocycles. The van der Waals surface area contributed by atoms with E-state index in [0.717, 1.165) is 17.8 Å². The summed E-state index contributed by atoms with van der Waals surface area (Å²) < 4.78 is 20.6. The number of halogens is 1. The molecule has 0 spiro atoms. The SMILES string of the molecule is CCOc1cc(Nc2cn(C)nc2CC)c(N)cc1F. The van der Waals surface area contributed by atoms with Crippen LogP contribution in [0.15, 0.2) is 18.3 Å². The summed E-state index contributed by atoms with van der Waals surface area (Å²) in [6.45, 7) is 4.22. The number of hydrogen-bond acceptors (Lipinski definition) is 4. The van der Waals surface area contributed by atoms with Crippen molar-refractivity contribution in [2.24, 2.45) is 7.05 Å². The second-order valence-corrected chi connectivity index (χ2v) is 4.44. The Hall–Kier alpha value is -2.24. The Morgan fingerprint density at radius 1 is 1.35 bits per heavy atom. The molecular formula is C14H19FN4O. The molecule has 1 heterocycles. The van der Waals surface area contributed by atoms with E-state index in [-0.39, 0.29) is 5.75 Å². The number of aryl methyl sites for hydroxylation is 2. The predicted molar refractivity (Wildman–Crippen MR) is 77.9 cm³/mol. The van der Waals surface area contributed by atoms with Crippen LogP contribution in [-0.2, 0) is 13.5 Å². The van der Waals surface area contributed by atoms with Crippen molar-refractivity contribution in [2.75, 3.05) is 17.7 Å². The van der Waals surface area contributed by atoms with E-state index in [1.807, 2.05) is 20.2 Å². The fourth-order valence-corrected chi connectivity index (χ4v) is 1.99. The van der Waals surface area contributed by atoms with Crippen molar-refractivity contribution in [3.63, 3.8) is 0 Å². The van der Waals surface area contributed by atoms with E-state index in [9.17, 15) is 4.39 Å². The molecule has 0 bridgehead atoms. The summed E-state index contributed by atoms with van der Waals surface area (Å²) in [5.41, 5.74) is 8.57.